The first-order chi connectivity index (χ1) is 14.7. The second-order valence-corrected chi connectivity index (χ2v) is 8.77. The van der Waals surface area contributed by atoms with E-state index in [9.17, 15) is 4.39 Å². The van der Waals surface area contributed by atoms with Gasteiger partial charge in [0.15, 0.2) is 5.96 Å². The van der Waals surface area contributed by atoms with Crippen molar-refractivity contribution in [3.05, 3.63) is 35.6 Å². The first-order valence-corrected chi connectivity index (χ1v) is 11.7. The highest BCUT2D eigenvalue weighted by Gasteiger charge is 2.21. The fourth-order valence-corrected chi connectivity index (χ4v) is 4.40. The van der Waals surface area contributed by atoms with Gasteiger partial charge in [-0.3, -0.25) is 9.89 Å². The van der Waals surface area contributed by atoms with E-state index in [1.807, 2.05) is 12.1 Å². The van der Waals surface area contributed by atoms with E-state index in [1.54, 1.807) is 12.1 Å². The van der Waals surface area contributed by atoms with Crippen LogP contribution in [0.4, 0.5) is 4.39 Å². The molecule has 1 aromatic carbocycles. The minimum Gasteiger partial charge on any atom is -0.381 e. The fraction of sp³-hybridized carbons (Fsp3) is 0.708. The molecule has 2 aliphatic heterocycles. The molecule has 31 heavy (non-hydrogen) atoms. The quantitative estimate of drug-likeness (QED) is 0.299. The van der Waals surface area contributed by atoms with Crippen LogP contribution in [-0.2, 0) is 11.3 Å². The van der Waals surface area contributed by atoms with E-state index in [0.717, 1.165) is 76.2 Å². The molecule has 5 nitrogen and oxygen atoms in total. The molecule has 0 aromatic heterocycles. The summed E-state index contributed by atoms with van der Waals surface area (Å²) in [6, 6.07) is 7.12. The van der Waals surface area contributed by atoms with Crippen molar-refractivity contribution in [2.24, 2.45) is 16.8 Å². The first-order valence-electron chi connectivity index (χ1n) is 11.7. The normalized spacial score (nSPS) is 19.1. The minimum absolute atomic E-state index is 0. The van der Waals surface area contributed by atoms with Gasteiger partial charge in [0.05, 0.1) is 0 Å². The lowest BCUT2D eigenvalue weighted by Crippen LogP contribution is -2.41. The Morgan fingerprint density at radius 2 is 1.87 bits per heavy atom. The molecule has 1 N–H and O–H groups in total. The van der Waals surface area contributed by atoms with Gasteiger partial charge in [0, 0.05) is 52.0 Å². The molecule has 0 aliphatic carbocycles. The van der Waals surface area contributed by atoms with Crippen LogP contribution in [0.1, 0.15) is 44.6 Å². The number of nitrogens with zero attached hydrogens (tertiary/aromatic N) is 3. The number of piperidine rings is 1. The van der Waals surface area contributed by atoms with Crippen LogP contribution in [0.2, 0.25) is 0 Å². The Balaban J connectivity index is 0.00000341. The monoisotopic (exact) mass is 546 g/mol. The van der Waals surface area contributed by atoms with E-state index >= 15 is 0 Å². The Hall–Kier alpha value is -0.930. The zero-order valence-corrected chi connectivity index (χ0v) is 21.5. The number of ether oxygens (including phenoxy) is 1. The number of hydrogen-bond donors (Lipinski definition) is 1. The molecule has 1 aromatic rings. The van der Waals surface area contributed by atoms with Gasteiger partial charge >= 0.3 is 0 Å². The highest BCUT2D eigenvalue weighted by atomic mass is 127. The summed E-state index contributed by atoms with van der Waals surface area (Å²) in [5, 5.41) is 3.46. The smallest absolute Gasteiger partial charge is 0.193 e. The summed E-state index contributed by atoms with van der Waals surface area (Å²) in [4.78, 5) is 9.60. The van der Waals surface area contributed by atoms with Crippen LogP contribution in [0.25, 0.3) is 0 Å². The van der Waals surface area contributed by atoms with E-state index in [2.05, 4.69) is 29.1 Å². The van der Waals surface area contributed by atoms with Crippen molar-refractivity contribution in [3.63, 3.8) is 0 Å². The Kier molecular flexibility index (Phi) is 12.1. The van der Waals surface area contributed by atoms with Crippen LogP contribution in [0.3, 0.4) is 0 Å². The van der Waals surface area contributed by atoms with E-state index in [-0.39, 0.29) is 29.8 Å². The molecule has 0 radical (unpaired) electrons. The lowest BCUT2D eigenvalue weighted by Gasteiger charge is -2.32. The Morgan fingerprint density at radius 3 is 2.55 bits per heavy atom. The van der Waals surface area contributed by atoms with Gasteiger partial charge in [0.2, 0.25) is 0 Å². The first kappa shape index (κ1) is 26.3. The van der Waals surface area contributed by atoms with Gasteiger partial charge in [-0.25, -0.2) is 4.39 Å². The molecule has 0 saturated carbocycles. The number of rotatable bonds is 8. The molecule has 2 saturated heterocycles. The van der Waals surface area contributed by atoms with Crippen LogP contribution < -0.4 is 5.32 Å². The van der Waals surface area contributed by atoms with Crippen molar-refractivity contribution in [2.75, 3.05) is 53.0 Å². The standard InChI is InChI=1S/C24H39FN4O.HI/c1-3-26-24(28(2)13-8-20-11-16-30-17-12-20)27-18-21-9-14-29(15-10-21)19-22-6-4-5-7-23(22)25;/h4-7,20-21H,3,8-19H2,1-2H3,(H,26,27);1H. The third-order valence-corrected chi connectivity index (χ3v) is 6.47. The summed E-state index contributed by atoms with van der Waals surface area (Å²) in [7, 11) is 2.15. The Labute approximate surface area is 204 Å². The summed E-state index contributed by atoms with van der Waals surface area (Å²) in [5.74, 6) is 2.32. The van der Waals surface area contributed by atoms with Crippen LogP contribution in [-0.4, -0.2) is 68.7 Å². The van der Waals surface area contributed by atoms with Gasteiger partial charge in [-0.2, -0.15) is 0 Å². The van der Waals surface area contributed by atoms with Crippen molar-refractivity contribution in [2.45, 2.75) is 45.6 Å². The SMILES string of the molecule is CCNC(=NCC1CCN(Cc2ccccc2F)CC1)N(C)CCC1CCOCC1.I. The maximum absolute atomic E-state index is 13.9. The van der Waals surface area contributed by atoms with Crippen LogP contribution in [0.5, 0.6) is 0 Å². The summed E-state index contributed by atoms with van der Waals surface area (Å²) < 4.78 is 19.4. The third kappa shape index (κ3) is 8.85. The molecule has 0 amide bonds. The third-order valence-electron chi connectivity index (χ3n) is 6.47. The lowest BCUT2D eigenvalue weighted by molar-refractivity contribution is 0.0625. The zero-order chi connectivity index (χ0) is 21.2. The van der Waals surface area contributed by atoms with Gasteiger partial charge < -0.3 is 15.0 Å². The van der Waals surface area contributed by atoms with Crippen molar-refractivity contribution in [1.29, 1.82) is 0 Å². The summed E-state index contributed by atoms with van der Waals surface area (Å²) >= 11 is 0. The number of hydrogen-bond acceptors (Lipinski definition) is 3. The van der Waals surface area contributed by atoms with Gasteiger partial charge in [-0.15, -0.1) is 24.0 Å². The second-order valence-electron chi connectivity index (χ2n) is 8.77. The highest BCUT2D eigenvalue weighted by Crippen LogP contribution is 2.21. The molecule has 0 bridgehead atoms. The average Bonchev–Trinajstić information content (AvgIpc) is 2.78. The van der Waals surface area contributed by atoms with E-state index < -0.39 is 0 Å². The average molecular weight is 547 g/mol. The predicted molar refractivity (Wildman–Crippen MR) is 137 cm³/mol. The molecule has 0 unspecified atom stereocenters. The van der Waals surface area contributed by atoms with Crippen molar-refractivity contribution in [3.8, 4) is 0 Å². The minimum atomic E-state index is -0.0942. The van der Waals surface area contributed by atoms with Crippen LogP contribution >= 0.6 is 24.0 Å². The molecule has 7 heteroatoms. The van der Waals surface area contributed by atoms with Gasteiger partial charge in [0.1, 0.15) is 5.82 Å². The molecule has 3 rings (SSSR count). The maximum atomic E-state index is 13.9. The summed E-state index contributed by atoms with van der Waals surface area (Å²) in [6.45, 7) is 9.51. The highest BCUT2D eigenvalue weighted by molar-refractivity contribution is 14.0. The number of benzene rings is 1. The summed E-state index contributed by atoms with van der Waals surface area (Å²) in [6.07, 6.45) is 5.84. The topological polar surface area (TPSA) is 40.1 Å². The van der Waals surface area contributed by atoms with Crippen LogP contribution in [0.15, 0.2) is 29.3 Å². The molecular weight excluding hydrogens is 506 g/mol. The molecular formula is C24H40FIN4O. The lowest BCUT2D eigenvalue weighted by atomic mass is 9.96. The number of guanidine groups is 1. The summed E-state index contributed by atoms with van der Waals surface area (Å²) in [5.41, 5.74) is 0.801. The van der Waals surface area contributed by atoms with Crippen molar-refractivity contribution < 1.29 is 9.13 Å². The largest absolute Gasteiger partial charge is 0.381 e. The van der Waals surface area contributed by atoms with Gasteiger partial charge in [-0.1, -0.05) is 18.2 Å². The zero-order valence-electron chi connectivity index (χ0n) is 19.2. The Bertz CT molecular complexity index is 661. The van der Waals surface area contributed by atoms with Crippen molar-refractivity contribution in [1.82, 2.24) is 15.1 Å². The molecule has 2 aliphatic rings. The molecule has 0 spiro atoms. The van der Waals surface area contributed by atoms with Gasteiger partial charge in [0.25, 0.3) is 0 Å². The predicted octanol–water partition coefficient (Wildman–Crippen LogP) is 4.37. The second kappa shape index (κ2) is 14.3. The van der Waals surface area contributed by atoms with E-state index in [1.165, 1.54) is 19.3 Å². The number of aliphatic imine (C=N–C) groups is 1. The maximum Gasteiger partial charge on any atom is 0.193 e. The molecule has 2 heterocycles. The number of halogens is 2. The molecule has 2 fully saturated rings. The fourth-order valence-electron chi connectivity index (χ4n) is 4.40. The number of nitrogens with one attached hydrogen (secondary N) is 1. The van der Waals surface area contributed by atoms with Crippen molar-refractivity contribution >= 4 is 29.9 Å². The van der Waals surface area contributed by atoms with E-state index in [0.29, 0.717) is 12.5 Å². The van der Waals surface area contributed by atoms with Gasteiger partial charge in [-0.05, 0) is 70.0 Å². The van der Waals surface area contributed by atoms with E-state index in [4.69, 9.17) is 9.73 Å². The molecule has 0 atom stereocenters. The number of likely N-dealkylation sites (tertiary alicyclic amines) is 1. The molecule has 176 valence electrons. The van der Waals surface area contributed by atoms with Crippen LogP contribution in [0, 0.1) is 17.7 Å². The Morgan fingerprint density at radius 1 is 1.16 bits per heavy atom.